The van der Waals surface area contributed by atoms with Gasteiger partial charge in [-0.15, -0.1) is 11.3 Å². The number of rotatable bonds is 3. The molecule has 3 rings (SSSR count). The zero-order valence-electron chi connectivity index (χ0n) is 11.1. The monoisotopic (exact) mass is 299 g/mol. The van der Waals surface area contributed by atoms with Gasteiger partial charge in [-0.3, -0.25) is 9.69 Å². The van der Waals surface area contributed by atoms with Crippen LogP contribution in [0.15, 0.2) is 47.9 Å². The van der Waals surface area contributed by atoms with Crippen LogP contribution in [0.2, 0.25) is 0 Å². The Hall–Kier alpha value is -2.40. The highest BCUT2D eigenvalue weighted by Crippen LogP contribution is 2.32. The van der Waals surface area contributed by atoms with Crippen molar-refractivity contribution < 1.29 is 14.7 Å². The Bertz CT molecular complexity index is 706. The van der Waals surface area contributed by atoms with Gasteiger partial charge in [0.1, 0.15) is 6.04 Å². The van der Waals surface area contributed by atoms with Crippen molar-refractivity contribution in [1.29, 1.82) is 0 Å². The van der Waals surface area contributed by atoms with Gasteiger partial charge >= 0.3 is 5.97 Å². The van der Waals surface area contributed by atoms with Gasteiger partial charge in [0, 0.05) is 23.1 Å². The highest BCUT2D eigenvalue weighted by Gasteiger charge is 2.37. The fraction of sp³-hybridized carbons (Fsp3) is 0.125. The van der Waals surface area contributed by atoms with Crippen molar-refractivity contribution in [3.05, 3.63) is 58.3 Å². The molecule has 0 spiro atoms. The summed E-state index contributed by atoms with van der Waals surface area (Å²) in [6.07, 6.45) is 3.50. The second kappa shape index (κ2) is 5.54. The van der Waals surface area contributed by atoms with Crippen LogP contribution in [-0.4, -0.2) is 23.0 Å². The molecule has 1 aromatic heterocycles. The first-order valence-corrected chi connectivity index (χ1v) is 7.40. The Kier molecular flexibility index (Phi) is 3.58. The van der Waals surface area contributed by atoms with Crippen LogP contribution >= 0.6 is 11.3 Å². The molecule has 2 heterocycles. The van der Waals surface area contributed by atoms with Crippen molar-refractivity contribution in [1.82, 2.24) is 0 Å². The van der Waals surface area contributed by atoms with Gasteiger partial charge in [-0.05, 0) is 29.2 Å². The number of hydrogen-bond acceptors (Lipinski definition) is 3. The summed E-state index contributed by atoms with van der Waals surface area (Å²) in [5.41, 5.74) is 1.58. The zero-order chi connectivity index (χ0) is 14.8. The van der Waals surface area contributed by atoms with Gasteiger partial charge in [0.2, 0.25) is 0 Å². The number of anilines is 1. The van der Waals surface area contributed by atoms with E-state index in [4.69, 9.17) is 0 Å². The molecule has 1 amide bonds. The Morgan fingerprint density at radius 2 is 2.05 bits per heavy atom. The number of benzene rings is 1. The van der Waals surface area contributed by atoms with Crippen molar-refractivity contribution >= 4 is 35.0 Å². The molecule has 2 aromatic rings. The van der Waals surface area contributed by atoms with E-state index in [-0.39, 0.29) is 5.91 Å². The minimum atomic E-state index is -0.982. The van der Waals surface area contributed by atoms with Crippen LogP contribution in [0.1, 0.15) is 10.4 Å². The Morgan fingerprint density at radius 1 is 1.24 bits per heavy atom. The van der Waals surface area contributed by atoms with E-state index in [9.17, 15) is 14.7 Å². The number of carbonyl (C=O) groups is 2. The van der Waals surface area contributed by atoms with Crippen molar-refractivity contribution in [2.45, 2.75) is 12.5 Å². The van der Waals surface area contributed by atoms with Gasteiger partial charge in [0.25, 0.3) is 5.91 Å². The fourth-order valence-electron chi connectivity index (χ4n) is 2.48. The topological polar surface area (TPSA) is 57.6 Å². The molecule has 1 aliphatic heterocycles. The quantitative estimate of drug-likeness (QED) is 0.887. The number of thiophene rings is 1. The van der Waals surface area contributed by atoms with Crippen molar-refractivity contribution in [2.24, 2.45) is 0 Å². The average molecular weight is 299 g/mol. The number of aliphatic carboxylic acids is 1. The number of carboxylic acids is 1. The predicted octanol–water partition coefficient (Wildman–Crippen LogP) is 2.80. The van der Waals surface area contributed by atoms with Crippen LogP contribution in [0.25, 0.3) is 6.08 Å². The van der Waals surface area contributed by atoms with Crippen molar-refractivity contribution in [3.8, 4) is 0 Å². The van der Waals surface area contributed by atoms with E-state index in [1.54, 1.807) is 12.1 Å². The molecule has 0 aliphatic carbocycles. The molecule has 4 nitrogen and oxygen atoms in total. The molecule has 0 bridgehead atoms. The number of amides is 1. The average Bonchev–Trinajstić information content (AvgIpc) is 3.11. The lowest BCUT2D eigenvalue weighted by Crippen LogP contribution is -2.42. The number of fused-ring (bicyclic) bond motifs is 1. The first-order valence-electron chi connectivity index (χ1n) is 6.52. The lowest BCUT2D eigenvalue weighted by Gasteiger charge is -2.20. The summed E-state index contributed by atoms with van der Waals surface area (Å²) < 4.78 is 0. The summed E-state index contributed by atoms with van der Waals surface area (Å²) in [4.78, 5) is 26.1. The molecule has 1 N–H and O–H groups in total. The van der Waals surface area contributed by atoms with E-state index in [0.29, 0.717) is 12.1 Å². The third-order valence-electron chi connectivity index (χ3n) is 3.43. The van der Waals surface area contributed by atoms with Crippen LogP contribution < -0.4 is 4.90 Å². The molecule has 106 valence electrons. The summed E-state index contributed by atoms with van der Waals surface area (Å²) in [5, 5.41) is 11.3. The van der Waals surface area contributed by atoms with E-state index >= 15 is 0 Å². The summed E-state index contributed by atoms with van der Waals surface area (Å²) in [5.74, 6) is -1.29. The summed E-state index contributed by atoms with van der Waals surface area (Å²) in [7, 11) is 0. The van der Waals surface area contributed by atoms with Crippen LogP contribution in [0.3, 0.4) is 0 Å². The fourth-order valence-corrected chi connectivity index (χ4v) is 3.09. The van der Waals surface area contributed by atoms with Crippen molar-refractivity contribution in [2.75, 3.05) is 4.90 Å². The maximum absolute atomic E-state index is 12.4. The summed E-state index contributed by atoms with van der Waals surface area (Å²) >= 11 is 1.53. The molecule has 1 aromatic carbocycles. The standard InChI is InChI=1S/C16H13NO3S/c18-15(8-7-12-5-3-9-21-12)17-13-6-2-1-4-11(13)10-14(17)16(19)20/h1-9,14H,10H2,(H,19,20)/b8-7+. The second-order valence-electron chi connectivity index (χ2n) is 4.74. The smallest absolute Gasteiger partial charge is 0.327 e. The second-order valence-corrected chi connectivity index (χ2v) is 5.72. The maximum atomic E-state index is 12.4. The molecule has 1 aliphatic rings. The van der Waals surface area contributed by atoms with Crippen LogP contribution in [0.4, 0.5) is 5.69 Å². The Balaban J connectivity index is 1.90. The molecule has 1 unspecified atom stereocenters. The van der Waals surface area contributed by atoms with E-state index in [1.165, 1.54) is 22.3 Å². The number of hydrogen-bond donors (Lipinski definition) is 1. The number of carboxylic acid groups (broad SMARTS) is 1. The Labute approximate surface area is 126 Å². The minimum absolute atomic E-state index is 0.305. The number of para-hydroxylation sites is 1. The number of nitrogens with zero attached hydrogens (tertiary/aromatic N) is 1. The third-order valence-corrected chi connectivity index (χ3v) is 4.27. The predicted molar refractivity (Wildman–Crippen MR) is 82.4 cm³/mol. The molecule has 0 radical (unpaired) electrons. The summed E-state index contributed by atoms with van der Waals surface area (Å²) in [6, 6.07) is 10.3. The first kappa shape index (κ1) is 13.6. The third kappa shape index (κ3) is 2.60. The lowest BCUT2D eigenvalue weighted by atomic mass is 10.1. The highest BCUT2D eigenvalue weighted by molar-refractivity contribution is 7.10. The van der Waals surface area contributed by atoms with Gasteiger partial charge in [-0.25, -0.2) is 4.79 Å². The molecule has 0 saturated heterocycles. The maximum Gasteiger partial charge on any atom is 0.327 e. The van der Waals surface area contributed by atoms with Gasteiger partial charge in [0.05, 0.1) is 0 Å². The lowest BCUT2D eigenvalue weighted by molar-refractivity contribution is -0.139. The van der Waals surface area contributed by atoms with E-state index in [0.717, 1.165) is 10.4 Å². The largest absolute Gasteiger partial charge is 0.480 e. The van der Waals surface area contributed by atoms with E-state index in [2.05, 4.69) is 0 Å². The molecule has 1 atom stereocenters. The molecule has 21 heavy (non-hydrogen) atoms. The van der Waals surface area contributed by atoms with Crippen LogP contribution in [0.5, 0.6) is 0 Å². The zero-order valence-corrected chi connectivity index (χ0v) is 11.9. The van der Waals surface area contributed by atoms with Gasteiger partial charge < -0.3 is 5.11 Å². The number of carbonyl (C=O) groups excluding carboxylic acids is 1. The molecular weight excluding hydrogens is 286 g/mol. The van der Waals surface area contributed by atoms with E-state index < -0.39 is 12.0 Å². The van der Waals surface area contributed by atoms with Crippen molar-refractivity contribution in [3.63, 3.8) is 0 Å². The van der Waals surface area contributed by atoms with Gasteiger partial charge in [-0.1, -0.05) is 24.3 Å². The molecule has 0 fully saturated rings. The minimum Gasteiger partial charge on any atom is -0.480 e. The SMILES string of the molecule is O=C(O)C1Cc2ccccc2N1C(=O)/C=C/c1cccs1. The Morgan fingerprint density at radius 3 is 2.76 bits per heavy atom. The normalized spacial score (nSPS) is 17.1. The molecule has 5 heteroatoms. The van der Waals surface area contributed by atoms with Crippen LogP contribution in [0, 0.1) is 0 Å². The van der Waals surface area contributed by atoms with Gasteiger partial charge in [-0.2, -0.15) is 0 Å². The van der Waals surface area contributed by atoms with Crippen LogP contribution in [-0.2, 0) is 16.0 Å². The first-order chi connectivity index (χ1) is 10.2. The van der Waals surface area contributed by atoms with E-state index in [1.807, 2.05) is 35.7 Å². The van der Waals surface area contributed by atoms with Gasteiger partial charge in [0.15, 0.2) is 0 Å². The highest BCUT2D eigenvalue weighted by atomic mass is 32.1. The summed E-state index contributed by atoms with van der Waals surface area (Å²) in [6.45, 7) is 0. The molecular formula is C16H13NO3S. The molecule has 0 saturated carbocycles.